The Bertz CT molecular complexity index is 791. The summed E-state index contributed by atoms with van der Waals surface area (Å²) in [5, 5.41) is 2.44. The molecule has 0 saturated carbocycles. The van der Waals surface area contributed by atoms with Crippen molar-refractivity contribution in [2.75, 3.05) is 7.05 Å². The molecule has 0 saturated heterocycles. The summed E-state index contributed by atoms with van der Waals surface area (Å²) in [4.78, 5) is 16.1. The number of carbonyl (C=O) groups excluding carboxylic acids is 1. The fourth-order valence-electron chi connectivity index (χ4n) is 2.42. The van der Waals surface area contributed by atoms with Crippen LogP contribution in [0.15, 0.2) is 54.6 Å². The Morgan fingerprint density at radius 1 is 1.05 bits per heavy atom. The third kappa shape index (κ3) is 2.98. The first-order valence-corrected chi connectivity index (χ1v) is 7.75. The average Bonchev–Trinajstić information content (AvgIpc) is 2.93. The fourth-order valence-corrected chi connectivity index (χ4v) is 3.28. The van der Waals surface area contributed by atoms with Gasteiger partial charge in [-0.3, -0.25) is 4.79 Å². The van der Waals surface area contributed by atoms with Crippen molar-refractivity contribution < 1.29 is 4.79 Å². The number of hydrogen-bond acceptors (Lipinski definition) is 2. The molecule has 0 unspecified atom stereocenters. The standard InChI is InChI=1S/C18H17NOS/c1-13-7-10-17(21-13)18(20)19(2)12-14-8-9-15-5-3-4-6-16(15)11-14/h3-11H,12H2,1-2H3. The van der Waals surface area contributed by atoms with E-state index in [0.29, 0.717) is 6.54 Å². The molecule has 21 heavy (non-hydrogen) atoms. The minimum absolute atomic E-state index is 0.0845. The summed E-state index contributed by atoms with van der Waals surface area (Å²) in [6.45, 7) is 2.64. The number of thiophene rings is 1. The summed E-state index contributed by atoms with van der Waals surface area (Å²) in [6, 6.07) is 18.5. The van der Waals surface area contributed by atoms with Gasteiger partial charge >= 0.3 is 0 Å². The summed E-state index contributed by atoms with van der Waals surface area (Å²) in [5.41, 5.74) is 1.15. The number of carbonyl (C=O) groups is 1. The number of rotatable bonds is 3. The van der Waals surface area contributed by atoms with Crippen LogP contribution in [0.25, 0.3) is 10.8 Å². The highest BCUT2D eigenvalue weighted by atomic mass is 32.1. The van der Waals surface area contributed by atoms with E-state index in [0.717, 1.165) is 15.3 Å². The van der Waals surface area contributed by atoms with E-state index in [9.17, 15) is 4.79 Å². The number of aryl methyl sites for hydroxylation is 1. The van der Waals surface area contributed by atoms with Crippen LogP contribution in [0.4, 0.5) is 0 Å². The molecular formula is C18H17NOS. The van der Waals surface area contributed by atoms with Crippen LogP contribution in [0.3, 0.4) is 0 Å². The van der Waals surface area contributed by atoms with Crippen LogP contribution >= 0.6 is 11.3 Å². The number of nitrogens with zero attached hydrogens (tertiary/aromatic N) is 1. The molecule has 0 atom stereocenters. The second-order valence-electron chi connectivity index (χ2n) is 5.25. The smallest absolute Gasteiger partial charge is 0.263 e. The molecule has 0 N–H and O–H groups in total. The fraction of sp³-hybridized carbons (Fsp3) is 0.167. The van der Waals surface area contributed by atoms with Gasteiger partial charge in [-0.2, -0.15) is 0 Å². The Labute approximate surface area is 128 Å². The first-order chi connectivity index (χ1) is 10.1. The minimum Gasteiger partial charge on any atom is -0.337 e. The number of benzene rings is 2. The van der Waals surface area contributed by atoms with E-state index in [-0.39, 0.29) is 5.91 Å². The van der Waals surface area contributed by atoms with Crippen LogP contribution in [0, 0.1) is 6.92 Å². The molecule has 0 bridgehead atoms. The van der Waals surface area contributed by atoms with Crippen LogP contribution in [-0.4, -0.2) is 17.9 Å². The Kier molecular flexibility index (Phi) is 3.76. The molecule has 2 aromatic carbocycles. The van der Waals surface area contributed by atoms with Crippen molar-refractivity contribution in [1.29, 1.82) is 0 Å². The summed E-state index contributed by atoms with van der Waals surface area (Å²) in [5.74, 6) is 0.0845. The zero-order valence-corrected chi connectivity index (χ0v) is 13.0. The third-order valence-electron chi connectivity index (χ3n) is 3.53. The van der Waals surface area contributed by atoms with Crippen LogP contribution in [0.1, 0.15) is 20.1 Å². The molecule has 0 spiro atoms. The van der Waals surface area contributed by atoms with Gasteiger partial charge in [-0.1, -0.05) is 36.4 Å². The van der Waals surface area contributed by atoms with Gasteiger partial charge in [-0.05, 0) is 41.5 Å². The molecule has 0 aliphatic carbocycles. The Morgan fingerprint density at radius 3 is 2.52 bits per heavy atom. The normalized spacial score (nSPS) is 10.8. The van der Waals surface area contributed by atoms with Gasteiger partial charge in [0, 0.05) is 18.5 Å². The topological polar surface area (TPSA) is 20.3 Å². The third-order valence-corrected chi connectivity index (χ3v) is 4.52. The van der Waals surface area contributed by atoms with Gasteiger partial charge in [0.25, 0.3) is 5.91 Å². The zero-order valence-electron chi connectivity index (χ0n) is 12.2. The van der Waals surface area contributed by atoms with Gasteiger partial charge in [0.15, 0.2) is 0 Å². The highest BCUT2D eigenvalue weighted by Crippen LogP contribution is 2.19. The number of amides is 1. The highest BCUT2D eigenvalue weighted by molar-refractivity contribution is 7.13. The van der Waals surface area contributed by atoms with Crippen LogP contribution in [0.2, 0.25) is 0 Å². The lowest BCUT2D eigenvalue weighted by atomic mass is 10.1. The molecule has 3 aromatic rings. The average molecular weight is 295 g/mol. The van der Waals surface area contributed by atoms with Crippen LogP contribution in [0.5, 0.6) is 0 Å². The Morgan fingerprint density at radius 2 is 1.81 bits per heavy atom. The van der Waals surface area contributed by atoms with Crippen molar-refractivity contribution in [2.45, 2.75) is 13.5 Å². The first kappa shape index (κ1) is 13.8. The molecule has 0 radical (unpaired) electrons. The van der Waals surface area contributed by atoms with Gasteiger partial charge in [0.1, 0.15) is 0 Å². The van der Waals surface area contributed by atoms with Gasteiger partial charge in [0.05, 0.1) is 4.88 Å². The predicted molar refractivity (Wildman–Crippen MR) is 88.8 cm³/mol. The van der Waals surface area contributed by atoms with Gasteiger partial charge in [-0.15, -0.1) is 11.3 Å². The molecule has 0 fully saturated rings. The van der Waals surface area contributed by atoms with Crippen molar-refractivity contribution in [2.24, 2.45) is 0 Å². The summed E-state index contributed by atoms with van der Waals surface area (Å²) >= 11 is 1.55. The van der Waals surface area contributed by atoms with Crippen molar-refractivity contribution in [1.82, 2.24) is 4.90 Å². The van der Waals surface area contributed by atoms with Gasteiger partial charge in [0.2, 0.25) is 0 Å². The maximum Gasteiger partial charge on any atom is 0.263 e. The van der Waals surface area contributed by atoms with Crippen molar-refractivity contribution in [3.05, 3.63) is 69.9 Å². The number of fused-ring (bicyclic) bond motifs is 1. The van der Waals surface area contributed by atoms with E-state index >= 15 is 0 Å². The van der Waals surface area contributed by atoms with Gasteiger partial charge in [-0.25, -0.2) is 0 Å². The molecule has 1 heterocycles. The van der Waals surface area contributed by atoms with E-state index in [1.165, 1.54) is 10.8 Å². The molecular weight excluding hydrogens is 278 g/mol. The molecule has 3 rings (SSSR count). The molecule has 1 aromatic heterocycles. The Hall–Kier alpha value is -2.13. The quantitative estimate of drug-likeness (QED) is 0.697. The SMILES string of the molecule is Cc1ccc(C(=O)N(C)Cc2ccc3ccccc3c2)s1. The predicted octanol–water partition coefficient (Wildman–Crippen LogP) is 4.48. The van der Waals surface area contributed by atoms with E-state index in [4.69, 9.17) is 0 Å². The van der Waals surface area contributed by atoms with E-state index in [1.54, 1.807) is 16.2 Å². The molecule has 106 valence electrons. The molecule has 0 aliphatic rings. The minimum atomic E-state index is 0.0845. The summed E-state index contributed by atoms with van der Waals surface area (Å²) in [6.07, 6.45) is 0. The molecule has 1 amide bonds. The highest BCUT2D eigenvalue weighted by Gasteiger charge is 2.13. The lowest BCUT2D eigenvalue weighted by molar-refractivity contribution is 0.0790. The monoisotopic (exact) mass is 295 g/mol. The summed E-state index contributed by atoms with van der Waals surface area (Å²) < 4.78 is 0. The maximum atomic E-state index is 12.4. The lowest BCUT2D eigenvalue weighted by Gasteiger charge is -2.16. The lowest BCUT2D eigenvalue weighted by Crippen LogP contribution is -2.25. The van der Waals surface area contributed by atoms with Crippen molar-refractivity contribution >= 4 is 28.0 Å². The maximum absolute atomic E-state index is 12.4. The molecule has 0 aliphatic heterocycles. The van der Waals surface area contributed by atoms with Crippen molar-refractivity contribution in [3.63, 3.8) is 0 Å². The number of hydrogen-bond donors (Lipinski definition) is 0. The van der Waals surface area contributed by atoms with Crippen LogP contribution in [-0.2, 0) is 6.54 Å². The zero-order chi connectivity index (χ0) is 14.8. The van der Waals surface area contributed by atoms with E-state index < -0.39 is 0 Å². The molecule has 2 nitrogen and oxygen atoms in total. The van der Waals surface area contributed by atoms with E-state index in [2.05, 4.69) is 30.3 Å². The van der Waals surface area contributed by atoms with E-state index in [1.807, 2.05) is 38.2 Å². The largest absolute Gasteiger partial charge is 0.337 e. The Balaban J connectivity index is 1.79. The second kappa shape index (κ2) is 5.70. The van der Waals surface area contributed by atoms with Crippen molar-refractivity contribution in [3.8, 4) is 0 Å². The second-order valence-corrected chi connectivity index (χ2v) is 6.54. The summed E-state index contributed by atoms with van der Waals surface area (Å²) in [7, 11) is 1.85. The first-order valence-electron chi connectivity index (χ1n) is 6.93. The van der Waals surface area contributed by atoms with Gasteiger partial charge < -0.3 is 4.90 Å². The van der Waals surface area contributed by atoms with Crippen LogP contribution < -0.4 is 0 Å². The molecule has 3 heteroatoms.